The molecule has 0 heterocycles. The molecule has 0 aromatic heterocycles. The quantitative estimate of drug-likeness (QED) is 0.796. The monoisotopic (exact) mass is 235 g/mol. The molecule has 0 radical (unpaired) electrons. The summed E-state index contributed by atoms with van der Waals surface area (Å²) in [5, 5.41) is 8.99. The fraction of sp³-hybridized carbons (Fsp3) is 0.500. The highest BCUT2D eigenvalue weighted by Crippen LogP contribution is 2.27. The fourth-order valence-electron chi connectivity index (χ4n) is 2.02. The Morgan fingerprint density at radius 2 is 1.94 bits per heavy atom. The molecule has 0 bridgehead atoms. The zero-order valence-corrected chi connectivity index (χ0v) is 10.5. The lowest BCUT2D eigenvalue weighted by molar-refractivity contribution is -0.141. The predicted molar refractivity (Wildman–Crippen MR) is 68.9 cm³/mol. The maximum atomic E-state index is 10.9. The van der Waals surface area contributed by atoms with E-state index in [0.717, 1.165) is 12.0 Å². The summed E-state index contributed by atoms with van der Waals surface area (Å²) in [6, 6.07) is 9.95. The van der Waals surface area contributed by atoms with Crippen LogP contribution in [0.5, 0.6) is 0 Å². The molecule has 3 atom stereocenters. The van der Waals surface area contributed by atoms with E-state index in [1.807, 2.05) is 37.3 Å². The molecule has 1 aromatic carbocycles. The highest BCUT2D eigenvalue weighted by atomic mass is 16.4. The number of carbonyl (C=O) groups is 1. The molecule has 0 saturated carbocycles. The Bertz CT molecular complexity index is 350. The third-order valence-corrected chi connectivity index (χ3v) is 3.25. The molecule has 3 heteroatoms. The minimum Gasteiger partial charge on any atom is -0.481 e. The smallest absolute Gasteiger partial charge is 0.306 e. The third-order valence-electron chi connectivity index (χ3n) is 3.25. The first-order valence-corrected chi connectivity index (χ1v) is 6.09. The van der Waals surface area contributed by atoms with Crippen molar-refractivity contribution in [3.05, 3.63) is 35.9 Å². The van der Waals surface area contributed by atoms with Crippen LogP contribution in [0, 0.1) is 5.92 Å². The van der Waals surface area contributed by atoms with E-state index in [2.05, 4.69) is 0 Å². The molecule has 3 unspecified atom stereocenters. The summed E-state index contributed by atoms with van der Waals surface area (Å²) in [5.74, 6) is -1.00. The van der Waals surface area contributed by atoms with Gasteiger partial charge in [-0.2, -0.15) is 0 Å². The van der Waals surface area contributed by atoms with Crippen LogP contribution in [0.1, 0.15) is 38.2 Å². The first kappa shape index (κ1) is 13.7. The molecule has 0 fully saturated rings. The summed E-state index contributed by atoms with van der Waals surface area (Å²) in [6.45, 7) is 3.77. The van der Waals surface area contributed by atoms with E-state index in [1.54, 1.807) is 6.92 Å². The first-order valence-electron chi connectivity index (χ1n) is 6.09. The fourth-order valence-corrected chi connectivity index (χ4v) is 2.02. The van der Waals surface area contributed by atoms with Crippen LogP contribution in [-0.2, 0) is 4.79 Å². The van der Waals surface area contributed by atoms with Crippen LogP contribution in [0.3, 0.4) is 0 Å². The van der Waals surface area contributed by atoms with Gasteiger partial charge >= 0.3 is 5.97 Å². The molecule has 0 saturated heterocycles. The topological polar surface area (TPSA) is 63.3 Å². The summed E-state index contributed by atoms with van der Waals surface area (Å²) in [6.07, 6.45) is 1.44. The van der Waals surface area contributed by atoms with Crippen molar-refractivity contribution in [1.29, 1.82) is 0 Å². The molecule has 0 aliphatic carbocycles. The molecular weight excluding hydrogens is 214 g/mol. The Balaban J connectivity index is 2.85. The number of benzene rings is 1. The molecule has 17 heavy (non-hydrogen) atoms. The second-order valence-electron chi connectivity index (χ2n) is 4.56. The summed E-state index contributed by atoms with van der Waals surface area (Å²) in [4.78, 5) is 10.9. The zero-order valence-electron chi connectivity index (χ0n) is 10.5. The van der Waals surface area contributed by atoms with Gasteiger partial charge in [-0.15, -0.1) is 0 Å². The molecule has 0 aliphatic heterocycles. The molecule has 0 aliphatic rings. The molecule has 3 nitrogen and oxygen atoms in total. The molecule has 0 amide bonds. The maximum Gasteiger partial charge on any atom is 0.306 e. The maximum absolute atomic E-state index is 10.9. The van der Waals surface area contributed by atoms with Gasteiger partial charge in [0.25, 0.3) is 0 Å². The van der Waals surface area contributed by atoms with Gasteiger partial charge in [0.2, 0.25) is 0 Å². The summed E-state index contributed by atoms with van der Waals surface area (Å²) >= 11 is 0. The Labute approximate surface area is 103 Å². The van der Waals surface area contributed by atoms with Gasteiger partial charge in [-0.05, 0) is 24.3 Å². The average Bonchev–Trinajstić information content (AvgIpc) is 2.35. The first-order chi connectivity index (χ1) is 8.06. The second kappa shape index (κ2) is 6.40. The number of hydrogen-bond donors (Lipinski definition) is 2. The van der Waals surface area contributed by atoms with E-state index >= 15 is 0 Å². The van der Waals surface area contributed by atoms with Crippen LogP contribution in [0.4, 0.5) is 0 Å². The van der Waals surface area contributed by atoms with Gasteiger partial charge in [0.15, 0.2) is 0 Å². The van der Waals surface area contributed by atoms with Crippen molar-refractivity contribution in [2.45, 2.75) is 38.6 Å². The van der Waals surface area contributed by atoms with Gasteiger partial charge in [-0.25, -0.2) is 0 Å². The largest absolute Gasteiger partial charge is 0.481 e. The van der Waals surface area contributed by atoms with E-state index in [0.29, 0.717) is 6.42 Å². The molecule has 1 aromatic rings. The number of rotatable bonds is 6. The number of nitrogens with two attached hydrogens (primary N) is 1. The van der Waals surface area contributed by atoms with Crippen molar-refractivity contribution in [1.82, 2.24) is 0 Å². The van der Waals surface area contributed by atoms with Crippen LogP contribution in [0.2, 0.25) is 0 Å². The summed E-state index contributed by atoms with van der Waals surface area (Å²) in [5.41, 5.74) is 7.24. The highest BCUT2D eigenvalue weighted by molar-refractivity contribution is 5.69. The van der Waals surface area contributed by atoms with Crippen molar-refractivity contribution in [2.24, 2.45) is 11.7 Å². The Kier molecular flexibility index (Phi) is 5.16. The van der Waals surface area contributed by atoms with Crippen molar-refractivity contribution >= 4 is 5.97 Å². The van der Waals surface area contributed by atoms with Crippen LogP contribution in [0.25, 0.3) is 0 Å². The number of carboxylic acids is 1. The number of aliphatic carboxylic acids is 1. The lowest BCUT2D eigenvalue weighted by Crippen LogP contribution is -2.30. The molecule has 3 N–H and O–H groups in total. The standard InChI is InChI=1S/C14H21NO2/c1-3-13(15)12(9-10(2)14(16)17)11-7-5-4-6-8-11/h4-8,10,12-13H,3,9,15H2,1-2H3,(H,16,17). The minimum absolute atomic E-state index is 0.0131. The normalized spacial score (nSPS) is 16.2. The number of carboxylic acid groups (broad SMARTS) is 1. The van der Waals surface area contributed by atoms with Crippen molar-refractivity contribution < 1.29 is 9.90 Å². The van der Waals surface area contributed by atoms with Crippen LogP contribution in [-0.4, -0.2) is 17.1 Å². The van der Waals surface area contributed by atoms with E-state index in [1.165, 1.54) is 0 Å². The van der Waals surface area contributed by atoms with E-state index in [-0.39, 0.29) is 17.9 Å². The minimum atomic E-state index is -0.755. The molecule has 0 spiro atoms. The lowest BCUT2D eigenvalue weighted by Gasteiger charge is -2.25. The van der Waals surface area contributed by atoms with E-state index in [9.17, 15) is 4.79 Å². The van der Waals surface area contributed by atoms with Gasteiger partial charge in [-0.3, -0.25) is 4.79 Å². The average molecular weight is 235 g/mol. The van der Waals surface area contributed by atoms with Gasteiger partial charge in [0.05, 0.1) is 5.92 Å². The van der Waals surface area contributed by atoms with Gasteiger partial charge in [-0.1, -0.05) is 44.2 Å². The van der Waals surface area contributed by atoms with Crippen molar-refractivity contribution in [2.75, 3.05) is 0 Å². The number of hydrogen-bond acceptors (Lipinski definition) is 2. The third kappa shape index (κ3) is 3.86. The van der Waals surface area contributed by atoms with Crippen molar-refractivity contribution in [3.63, 3.8) is 0 Å². The summed E-state index contributed by atoms with van der Waals surface area (Å²) in [7, 11) is 0. The SMILES string of the molecule is CCC(N)C(CC(C)C(=O)O)c1ccccc1. The Morgan fingerprint density at radius 1 is 1.35 bits per heavy atom. The lowest BCUT2D eigenvalue weighted by atomic mass is 9.83. The molecular formula is C14H21NO2. The van der Waals surface area contributed by atoms with Crippen molar-refractivity contribution in [3.8, 4) is 0 Å². The van der Waals surface area contributed by atoms with Crippen LogP contribution < -0.4 is 5.73 Å². The van der Waals surface area contributed by atoms with Gasteiger partial charge in [0, 0.05) is 6.04 Å². The second-order valence-corrected chi connectivity index (χ2v) is 4.56. The van der Waals surface area contributed by atoms with Crippen LogP contribution >= 0.6 is 0 Å². The Hall–Kier alpha value is -1.35. The van der Waals surface area contributed by atoms with Gasteiger partial charge in [0.1, 0.15) is 0 Å². The molecule has 94 valence electrons. The van der Waals surface area contributed by atoms with E-state index < -0.39 is 5.97 Å². The summed E-state index contributed by atoms with van der Waals surface area (Å²) < 4.78 is 0. The Morgan fingerprint density at radius 3 is 2.41 bits per heavy atom. The molecule has 1 rings (SSSR count). The zero-order chi connectivity index (χ0) is 12.8. The van der Waals surface area contributed by atoms with Crippen LogP contribution in [0.15, 0.2) is 30.3 Å². The van der Waals surface area contributed by atoms with E-state index in [4.69, 9.17) is 10.8 Å². The highest BCUT2D eigenvalue weighted by Gasteiger charge is 2.23. The van der Waals surface area contributed by atoms with Gasteiger partial charge < -0.3 is 10.8 Å². The predicted octanol–water partition coefficient (Wildman–Crippen LogP) is 2.62.